The lowest BCUT2D eigenvalue weighted by molar-refractivity contribution is -0.192. The molecular formula is C29H31F4N7O7. The number of amidine groups is 1. The maximum atomic E-state index is 14.0. The lowest BCUT2D eigenvalue weighted by Gasteiger charge is -2.22. The number of aromatic nitrogens is 1. The monoisotopic (exact) mass is 665 g/mol. The molecule has 0 saturated heterocycles. The van der Waals surface area contributed by atoms with E-state index in [-0.39, 0.29) is 30.5 Å². The Morgan fingerprint density at radius 1 is 1.02 bits per heavy atom. The molecular weight excluding hydrogens is 634 g/mol. The second kappa shape index (κ2) is 16.9. The van der Waals surface area contributed by atoms with Gasteiger partial charge in [-0.2, -0.15) is 13.2 Å². The number of hydrazine groups is 1. The molecule has 1 atom stereocenters. The number of rotatable bonds is 11. The summed E-state index contributed by atoms with van der Waals surface area (Å²) >= 11 is 0. The van der Waals surface area contributed by atoms with Gasteiger partial charge < -0.3 is 30.5 Å². The molecule has 1 heterocycles. The fraction of sp³-hybridized carbons (Fsp3) is 0.241. The third kappa shape index (κ3) is 11.5. The first-order valence-corrected chi connectivity index (χ1v) is 13.4. The second-order valence-corrected chi connectivity index (χ2v) is 9.39. The van der Waals surface area contributed by atoms with Crippen LogP contribution in [-0.4, -0.2) is 78.0 Å². The van der Waals surface area contributed by atoms with Crippen molar-refractivity contribution in [3.8, 4) is 11.5 Å². The smallest absolute Gasteiger partial charge is 0.490 e. The Kier molecular flexibility index (Phi) is 13.4. The number of likely N-dealkylation sites (N-methyl/N-ethyl adjacent to an activating group) is 1. The number of benzene rings is 2. The average Bonchev–Trinajstić information content (AvgIpc) is 3.02. The fourth-order valence-electron chi connectivity index (χ4n) is 3.39. The van der Waals surface area contributed by atoms with Gasteiger partial charge >= 0.3 is 12.1 Å². The van der Waals surface area contributed by atoms with Crippen LogP contribution < -0.4 is 31.4 Å². The van der Waals surface area contributed by atoms with E-state index in [4.69, 9.17) is 30.5 Å². The first-order valence-electron chi connectivity index (χ1n) is 13.4. The van der Waals surface area contributed by atoms with Gasteiger partial charge in [0, 0.05) is 31.5 Å². The third-order valence-electron chi connectivity index (χ3n) is 5.78. The van der Waals surface area contributed by atoms with Gasteiger partial charge in [-0.15, -0.1) is 0 Å². The quantitative estimate of drug-likeness (QED) is 0.0763. The van der Waals surface area contributed by atoms with Gasteiger partial charge in [-0.25, -0.2) is 9.18 Å². The zero-order valence-electron chi connectivity index (χ0n) is 25.1. The molecule has 47 heavy (non-hydrogen) atoms. The standard InChI is InChI=1S/C27H30FN7O5.C2HF3O2/c1-4-39-22-13-17(7-10-21(22)40-15-23(36)35(2)3)24(32-18-8-5-16(6-9-18)25(29)30)27(38)34-33-26(37)19-11-12-31-14-20(19)28;3-2(4,5)1(6)7/h5-14,24,32H,4,15H2,1-3H3,(H3,29,30)(H,33,37)(H,34,38);(H,6,7). The van der Waals surface area contributed by atoms with Crippen LogP contribution in [0.2, 0.25) is 0 Å². The highest BCUT2D eigenvalue weighted by Crippen LogP contribution is 2.32. The minimum Gasteiger partial charge on any atom is -0.490 e. The van der Waals surface area contributed by atoms with Crippen LogP contribution in [0.15, 0.2) is 60.9 Å². The van der Waals surface area contributed by atoms with E-state index >= 15 is 0 Å². The van der Waals surface area contributed by atoms with Gasteiger partial charge in [0.2, 0.25) is 0 Å². The molecule has 3 rings (SSSR count). The number of hydrogen-bond acceptors (Lipinski definition) is 9. The van der Waals surface area contributed by atoms with Crippen molar-refractivity contribution in [3.05, 3.63) is 83.4 Å². The molecule has 2 aromatic carbocycles. The maximum Gasteiger partial charge on any atom is 0.490 e. The molecule has 0 bridgehead atoms. The van der Waals surface area contributed by atoms with E-state index in [0.29, 0.717) is 28.3 Å². The van der Waals surface area contributed by atoms with E-state index in [1.54, 1.807) is 63.5 Å². The van der Waals surface area contributed by atoms with Crippen molar-refractivity contribution in [2.45, 2.75) is 19.1 Å². The lowest BCUT2D eigenvalue weighted by atomic mass is 10.0. The Labute approximate surface area is 265 Å². The van der Waals surface area contributed by atoms with Crippen LogP contribution in [0.3, 0.4) is 0 Å². The van der Waals surface area contributed by atoms with E-state index in [1.807, 2.05) is 0 Å². The van der Waals surface area contributed by atoms with E-state index in [9.17, 15) is 31.9 Å². The minimum absolute atomic E-state index is 0.114. The second-order valence-electron chi connectivity index (χ2n) is 9.39. The predicted molar refractivity (Wildman–Crippen MR) is 159 cm³/mol. The summed E-state index contributed by atoms with van der Waals surface area (Å²) in [5, 5.41) is 17.8. The van der Waals surface area contributed by atoms with Gasteiger partial charge in [-0.3, -0.25) is 35.6 Å². The third-order valence-corrected chi connectivity index (χ3v) is 5.78. The number of nitrogen functional groups attached to an aromatic ring is 1. The lowest BCUT2D eigenvalue weighted by Crippen LogP contribution is -2.45. The van der Waals surface area contributed by atoms with Crippen LogP contribution in [0.1, 0.15) is 34.5 Å². The number of pyridine rings is 1. The van der Waals surface area contributed by atoms with Crippen molar-refractivity contribution in [1.82, 2.24) is 20.7 Å². The van der Waals surface area contributed by atoms with Crippen LogP contribution in [0.25, 0.3) is 0 Å². The molecule has 3 aromatic rings. The largest absolute Gasteiger partial charge is 0.490 e. The van der Waals surface area contributed by atoms with Crippen LogP contribution in [0.4, 0.5) is 23.2 Å². The van der Waals surface area contributed by atoms with E-state index in [1.165, 1.54) is 17.2 Å². The van der Waals surface area contributed by atoms with Gasteiger partial charge in [-0.05, 0) is 55.0 Å². The number of halogens is 4. The summed E-state index contributed by atoms with van der Waals surface area (Å²) in [5.74, 6) is -4.93. The number of alkyl halides is 3. The van der Waals surface area contributed by atoms with Gasteiger partial charge in [0.1, 0.15) is 11.9 Å². The molecule has 14 nitrogen and oxygen atoms in total. The van der Waals surface area contributed by atoms with Crippen molar-refractivity contribution in [2.75, 3.05) is 32.6 Å². The highest BCUT2D eigenvalue weighted by Gasteiger charge is 2.38. The Hall–Kier alpha value is -5.94. The number of nitrogens with one attached hydrogen (secondary N) is 4. The number of aliphatic carboxylic acids is 1. The summed E-state index contributed by atoms with van der Waals surface area (Å²) in [6.07, 6.45) is -2.95. The minimum atomic E-state index is -5.08. The number of carbonyl (C=O) groups excluding carboxylic acids is 3. The topological polar surface area (TPSA) is 209 Å². The van der Waals surface area contributed by atoms with E-state index in [0.717, 1.165) is 6.20 Å². The van der Waals surface area contributed by atoms with Crippen molar-refractivity contribution in [2.24, 2.45) is 5.73 Å². The molecule has 0 radical (unpaired) electrons. The molecule has 0 aliphatic heterocycles. The number of amides is 3. The summed E-state index contributed by atoms with van der Waals surface area (Å²) in [4.78, 5) is 51.6. The number of nitrogens with zero attached hydrogens (tertiary/aromatic N) is 2. The molecule has 252 valence electrons. The normalized spacial score (nSPS) is 11.1. The summed E-state index contributed by atoms with van der Waals surface area (Å²) in [7, 11) is 3.22. The number of anilines is 1. The molecule has 1 unspecified atom stereocenters. The highest BCUT2D eigenvalue weighted by molar-refractivity contribution is 5.97. The Morgan fingerprint density at radius 2 is 1.66 bits per heavy atom. The van der Waals surface area contributed by atoms with Gasteiger partial charge in [0.05, 0.1) is 18.4 Å². The number of carboxylic acid groups (broad SMARTS) is 1. The average molecular weight is 666 g/mol. The van der Waals surface area contributed by atoms with Crippen molar-refractivity contribution in [3.63, 3.8) is 0 Å². The molecule has 18 heteroatoms. The van der Waals surface area contributed by atoms with Gasteiger partial charge in [-0.1, -0.05) is 6.07 Å². The summed E-state index contributed by atoms with van der Waals surface area (Å²) in [6, 6.07) is 11.3. The molecule has 0 aliphatic rings. The maximum absolute atomic E-state index is 14.0. The summed E-state index contributed by atoms with van der Waals surface area (Å²) in [6.45, 7) is 1.84. The van der Waals surface area contributed by atoms with E-state index in [2.05, 4.69) is 21.2 Å². The highest BCUT2D eigenvalue weighted by atomic mass is 19.4. The van der Waals surface area contributed by atoms with Crippen molar-refractivity contribution >= 4 is 35.2 Å². The molecule has 7 N–H and O–H groups in total. The number of carbonyl (C=O) groups is 4. The zero-order chi connectivity index (χ0) is 35.3. The van der Waals surface area contributed by atoms with Crippen molar-refractivity contribution < 1.29 is 51.3 Å². The summed E-state index contributed by atoms with van der Waals surface area (Å²) in [5.41, 5.74) is 11.2. The Balaban J connectivity index is 0.000000984. The number of hydrogen-bond donors (Lipinski definition) is 6. The van der Waals surface area contributed by atoms with Gasteiger partial charge in [0.15, 0.2) is 23.9 Å². The van der Waals surface area contributed by atoms with Crippen LogP contribution in [0, 0.1) is 11.2 Å². The van der Waals surface area contributed by atoms with Crippen molar-refractivity contribution in [1.29, 1.82) is 5.41 Å². The van der Waals surface area contributed by atoms with Gasteiger partial charge in [0.25, 0.3) is 17.7 Å². The number of nitrogens with two attached hydrogens (primary N) is 1. The number of carboxylic acids is 1. The van der Waals surface area contributed by atoms with E-state index < -0.39 is 35.8 Å². The first kappa shape index (κ1) is 37.2. The molecule has 0 aliphatic carbocycles. The molecule has 0 fully saturated rings. The molecule has 1 aromatic heterocycles. The molecule has 0 spiro atoms. The molecule has 0 saturated carbocycles. The predicted octanol–water partition coefficient (Wildman–Crippen LogP) is 2.62. The molecule has 3 amide bonds. The first-order chi connectivity index (χ1) is 22.0. The summed E-state index contributed by atoms with van der Waals surface area (Å²) < 4.78 is 57.0. The van der Waals surface area contributed by atoms with Crippen LogP contribution >= 0.6 is 0 Å². The Bertz CT molecular complexity index is 1590. The Morgan fingerprint density at radius 3 is 2.19 bits per heavy atom. The fourth-order valence-corrected chi connectivity index (χ4v) is 3.39. The SMILES string of the molecule is CCOc1cc(C(Nc2ccc(C(=N)N)cc2)C(=O)NNC(=O)c2ccncc2F)ccc1OCC(=O)N(C)C.O=C(O)C(F)(F)F. The zero-order valence-corrected chi connectivity index (χ0v) is 25.1. The number of ether oxygens (including phenoxy) is 2. The van der Waals surface area contributed by atoms with Crippen LogP contribution in [0.5, 0.6) is 11.5 Å². The van der Waals surface area contributed by atoms with Crippen LogP contribution in [-0.2, 0) is 14.4 Å².